The topological polar surface area (TPSA) is 104 Å². The normalized spacial score (nSPS) is 19.8. The molecule has 4 aliphatic rings. The molecule has 9 heterocycles. The van der Waals surface area contributed by atoms with E-state index in [-0.39, 0.29) is 12.1 Å². The molecule has 8 heteroatoms. The lowest BCUT2D eigenvalue weighted by Gasteiger charge is -2.20. The number of hydrogen-bond acceptors (Lipinski definition) is 7. The van der Waals surface area contributed by atoms with Gasteiger partial charge in [0.2, 0.25) is 0 Å². The summed E-state index contributed by atoms with van der Waals surface area (Å²) in [5.41, 5.74) is 10.3. The molecular formula is C40H28N8. The van der Waals surface area contributed by atoms with Gasteiger partial charge in [0.25, 0.3) is 0 Å². The maximum atomic E-state index is 5.26. The fourth-order valence-electron chi connectivity index (χ4n) is 6.66. The fourth-order valence-corrected chi connectivity index (χ4v) is 6.66. The predicted octanol–water partition coefficient (Wildman–Crippen LogP) is 4.75. The summed E-state index contributed by atoms with van der Waals surface area (Å²) < 4.78 is 0. The zero-order chi connectivity index (χ0) is 31.9. The number of H-pyrrole nitrogens is 1. The molecule has 0 amide bonds. The third kappa shape index (κ3) is 4.92. The maximum Gasteiger partial charge on any atom is 0.0753 e. The van der Waals surface area contributed by atoms with Crippen LogP contribution < -0.4 is 16.0 Å². The van der Waals surface area contributed by atoms with Crippen LogP contribution in [0.3, 0.4) is 0 Å². The Hall–Kier alpha value is -6.38. The Labute approximate surface area is 276 Å². The number of nitrogens with zero attached hydrogens (tertiary/aromatic N) is 6. The summed E-state index contributed by atoms with van der Waals surface area (Å²) in [6.45, 7) is 0. The van der Waals surface area contributed by atoms with Gasteiger partial charge < -0.3 is 4.98 Å². The highest BCUT2D eigenvalue weighted by molar-refractivity contribution is 6.34. The molecule has 0 aromatic carbocycles. The lowest BCUT2D eigenvalue weighted by atomic mass is 10.0. The van der Waals surface area contributed by atoms with Crippen molar-refractivity contribution in [3.8, 4) is 0 Å². The largest absolute Gasteiger partial charge is 0.355 e. The third-order valence-corrected chi connectivity index (χ3v) is 8.77. The predicted molar refractivity (Wildman–Crippen MR) is 189 cm³/mol. The number of fused-ring (bicyclic) bond motifs is 6. The molecule has 8 bridgehead atoms. The second kappa shape index (κ2) is 11.8. The van der Waals surface area contributed by atoms with Gasteiger partial charge >= 0.3 is 0 Å². The van der Waals surface area contributed by atoms with Crippen LogP contribution in [0, 0.1) is 0 Å². The Balaban J connectivity index is 1.37. The van der Waals surface area contributed by atoms with Gasteiger partial charge in [0.1, 0.15) is 0 Å². The van der Waals surface area contributed by atoms with Crippen molar-refractivity contribution in [1.29, 1.82) is 0 Å². The molecule has 0 radical (unpaired) electrons. The van der Waals surface area contributed by atoms with E-state index in [0.717, 1.165) is 78.6 Å². The van der Waals surface area contributed by atoms with Crippen LogP contribution in [-0.4, -0.2) is 48.4 Å². The minimum absolute atomic E-state index is 0.143. The van der Waals surface area contributed by atoms with Crippen molar-refractivity contribution in [2.24, 2.45) is 9.98 Å². The average molecular weight is 621 g/mol. The molecular weight excluding hydrogens is 592 g/mol. The summed E-state index contributed by atoms with van der Waals surface area (Å²) in [4.78, 5) is 33.3. The minimum atomic E-state index is -0.161. The zero-order valence-electron chi connectivity index (χ0n) is 25.7. The van der Waals surface area contributed by atoms with E-state index in [9.17, 15) is 0 Å². The Morgan fingerprint density at radius 1 is 0.438 bits per heavy atom. The first-order chi connectivity index (χ1) is 23.8. The van der Waals surface area contributed by atoms with E-state index in [1.807, 2.05) is 97.5 Å². The van der Waals surface area contributed by atoms with E-state index >= 15 is 0 Å². The zero-order valence-corrected chi connectivity index (χ0v) is 25.7. The number of nitrogens with one attached hydrogen (secondary N) is 2. The Morgan fingerprint density at radius 3 is 1.56 bits per heavy atom. The van der Waals surface area contributed by atoms with Crippen molar-refractivity contribution in [1.82, 2.24) is 30.2 Å². The number of aromatic nitrogens is 5. The van der Waals surface area contributed by atoms with Crippen LogP contribution in [-0.2, 0) is 0 Å². The monoisotopic (exact) mass is 620 g/mol. The highest BCUT2D eigenvalue weighted by Gasteiger charge is 2.30. The Kier molecular flexibility index (Phi) is 6.84. The highest BCUT2D eigenvalue weighted by atomic mass is 15.0. The smallest absolute Gasteiger partial charge is 0.0753 e. The van der Waals surface area contributed by atoms with Crippen LogP contribution in [0.5, 0.6) is 0 Å². The molecule has 48 heavy (non-hydrogen) atoms. The summed E-state index contributed by atoms with van der Waals surface area (Å²) in [5, 5.41) is 5.73. The standard InChI is InChI=1S/C40H28N8/c1-5-21-41-25(9-1)37-29-13-15-31(45-29)38(26-10-2-6-22-42-26)33-17-19-35(47-33)40(28-12-4-8-24-44-28)36-20-18-34(48-36)39(27-11-3-7-23-43-27)32-16-14-30(37)46-32/h1-24,29,31,45-46H. The molecule has 9 rings (SSSR count). The van der Waals surface area contributed by atoms with Gasteiger partial charge in [-0.1, -0.05) is 36.4 Å². The number of rotatable bonds is 4. The van der Waals surface area contributed by atoms with E-state index in [4.69, 9.17) is 29.9 Å². The summed E-state index contributed by atoms with van der Waals surface area (Å²) in [6.07, 6.45) is 19.9. The van der Waals surface area contributed by atoms with E-state index < -0.39 is 0 Å². The number of aliphatic imine (C=N–C) groups is 2. The van der Waals surface area contributed by atoms with E-state index in [0.29, 0.717) is 0 Å². The van der Waals surface area contributed by atoms with Crippen LogP contribution in [0.15, 0.2) is 168 Å². The number of aromatic amines is 1. The molecule has 228 valence electrons. The van der Waals surface area contributed by atoms with E-state index in [2.05, 4.69) is 52.8 Å². The minimum Gasteiger partial charge on any atom is -0.355 e. The summed E-state index contributed by atoms with van der Waals surface area (Å²) in [6, 6.07) is 27.7. The van der Waals surface area contributed by atoms with Gasteiger partial charge in [-0.25, -0.2) is 9.98 Å². The molecule has 0 saturated carbocycles. The summed E-state index contributed by atoms with van der Waals surface area (Å²) in [5.74, 6) is 0. The summed E-state index contributed by atoms with van der Waals surface area (Å²) >= 11 is 0. The van der Waals surface area contributed by atoms with Gasteiger partial charge in [0, 0.05) is 46.9 Å². The van der Waals surface area contributed by atoms with Crippen molar-refractivity contribution in [2.75, 3.05) is 0 Å². The Morgan fingerprint density at radius 2 is 0.938 bits per heavy atom. The van der Waals surface area contributed by atoms with Crippen molar-refractivity contribution >= 4 is 33.7 Å². The molecule has 2 atom stereocenters. The second-order valence-electron chi connectivity index (χ2n) is 11.7. The van der Waals surface area contributed by atoms with Crippen molar-refractivity contribution in [2.45, 2.75) is 12.1 Å². The first-order valence-electron chi connectivity index (χ1n) is 15.9. The van der Waals surface area contributed by atoms with E-state index in [1.54, 1.807) is 6.20 Å². The van der Waals surface area contributed by atoms with Gasteiger partial charge in [0.15, 0.2) is 0 Å². The first-order valence-corrected chi connectivity index (χ1v) is 15.9. The lowest BCUT2D eigenvalue weighted by molar-refractivity contribution is 0.716. The fraction of sp³-hybridized carbons (Fsp3) is 0.0500. The molecule has 0 saturated heterocycles. The maximum absolute atomic E-state index is 5.26. The van der Waals surface area contributed by atoms with Gasteiger partial charge in [-0.2, -0.15) is 0 Å². The first kappa shape index (κ1) is 27.9. The number of pyridine rings is 4. The van der Waals surface area contributed by atoms with Crippen LogP contribution in [0.1, 0.15) is 22.8 Å². The molecule has 0 spiro atoms. The van der Waals surface area contributed by atoms with Crippen molar-refractivity contribution < 1.29 is 0 Å². The van der Waals surface area contributed by atoms with Gasteiger partial charge in [-0.3, -0.25) is 25.3 Å². The van der Waals surface area contributed by atoms with Gasteiger partial charge in [-0.15, -0.1) is 0 Å². The van der Waals surface area contributed by atoms with Gasteiger partial charge in [-0.05, 0) is 85.0 Å². The molecule has 5 aromatic heterocycles. The van der Waals surface area contributed by atoms with Gasteiger partial charge in [0.05, 0.1) is 68.6 Å². The van der Waals surface area contributed by atoms with E-state index in [1.165, 1.54) is 0 Å². The quantitative estimate of drug-likeness (QED) is 0.283. The molecule has 2 N–H and O–H groups in total. The Bertz CT molecular complexity index is 2400. The van der Waals surface area contributed by atoms with Crippen LogP contribution >= 0.6 is 0 Å². The molecule has 2 unspecified atom stereocenters. The molecule has 5 aromatic rings. The highest BCUT2D eigenvalue weighted by Crippen LogP contribution is 2.34. The van der Waals surface area contributed by atoms with Crippen LogP contribution in [0.25, 0.3) is 22.3 Å². The van der Waals surface area contributed by atoms with Crippen LogP contribution in [0.2, 0.25) is 0 Å². The number of allylic oxidation sites excluding steroid dienone is 5. The summed E-state index contributed by atoms with van der Waals surface area (Å²) in [7, 11) is 0. The van der Waals surface area contributed by atoms with Crippen LogP contribution in [0.4, 0.5) is 0 Å². The molecule has 0 aliphatic carbocycles. The SMILES string of the molecule is C1=CC2=C(c3ccccn3)C3C=CC(N3)C(c3ccccn3)=c3ccc([nH]3)=C(c3ccccn3)C3=NC(=C(c4ccccn4)C1=N2)C=C3. The molecule has 8 nitrogen and oxygen atoms in total. The molecule has 0 fully saturated rings. The molecule has 4 aliphatic heterocycles. The number of hydrogen-bond donors (Lipinski definition) is 2. The lowest BCUT2D eigenvalue weighted by Crippen LogP contribution is -2.36. The van der Waals surface area contributed by atoms with Crippen molar-refractivity contribution in [3.05, 3.63) is 191 Å². The van der Waals surface area contributed by atoms with Crippen molar-refractivity contribution in [3.63, 3.8) is 0 Å². The average Bonchev–Trinajstić information content (AvgIpc) is 3.98. The second-order valence-corrected chi connectivity index (χ2v) is 11.7. The third-order valence-electron chi connectivity index (χ3n) is 8.77.